The van der Waals surface area contributed by atoms with E-state index in [1.54, 1.807) is 29.2 Å². The van der Waals surface area contributed by atoms with Crippen molar-refractivity contribution < 1.29 is 17.9 Å². The molecule has 1 heterocycles. The second-order valence-corrected chi connectivity index (χ2v) is 13.0. The lowest BCUT2D eigenvalue weighted by Gasteiger charge is -2.42. The number of benzene rings is 2. The third-order valence-corrected chi connectivity index (χ3v) is 9.55. The Morgan fingerprint density at radius 1 is 1.19 bits per heavy atom. The van der Waals surface area contributed by atoms with E-state index in [4.69, 9.17) is 16.3 Å². The molecule has 166 valence electrons. The molecule has 0 spiro atoms. The molecule has 0 bridgehead atoms. The molecule has 1 amide bonds. The number of rotatable bonds is 2. The maximum Gasteiger partial charge on any atom is 0.410 e. The number of carbonyl (C=O) groups is 1. The Kier molecular flexibility index (Phi) is 5.84. The van der Waals surface area contributed by atoms with E-state index in [9.17, 15) is 13.2 Å². The lowest BCUT2D eigenvalue weighted by Crippen LogP contribution is -2.52. The molecule has 1 saturated heterocycles. The fourth-order valence-electron chi connectivity index (χ4n) is 4.86. The zero-order valence-corrected chi connectivity index (χ0v) is 21.4. The molecule has 2 aliphatic rings. The molecule has 0 radical (unpaired) electrons. The predicted octanol–water partition coefficient (Wildman–Crippen LogP) is 5.57. The molecule has 8 heteroatoms. The number of nitrogens with zero attached hydrogens (tertiary/aromatic N) is 1. The highest BCUT2D eigenvalue weighted by Gasteiger charge is 2.61. The molecule has 5 nitrogen and oxygen atoms in total. The number of hydrogen-bond donors (Lipinski definition) is 0. The van der Waals surface area contributed by atoms with Crippen LogP contribution in [0.2, 0.25) is 5.02 Å². The van der Waals surface area contributed by atoms with E-state index in [1.165, 1.54) is 0 Å². The van der Waals surface area contributed by atoms with E-state index in [-0.39, 0.29) is 4.90 Å². The zero-order chi connectivity index (χ0) is 22.6. The van der Waals surface area contributed by atoms with Gasteiger partial charge in [-0.3, -0.25) is 0 Å². The van der Waals surface area contributed by atoms with E-state index >= 15 is 0 Å². The Morgan fingerprint density at radius 3 is 2.52 bits per heavy atom. The summed E-state index contributed by atoms with van der Waals surface area (Å²) in [4.78, 5) is 14.9. The predicted molar refractivity (Wildman–Crippen MR) is 129 cm³/mol. The molecule has 31 heavy (non-hydrogen) atoms. The van der Waals surface area contributed by atoms with Crippen molar-refractivity contribution in [3.63, 3.8) is 0 Å². The Hall–Kier alpha value is -1.32. The average Bonchev–Trinajstić information content (AvgIpc) is 3.08. The molecule has 2 unspecified atom stereocenters. The van der Waals surface area contributed by atoms with Crippen LogP contribution in [0.5, 0.6) is 0 Å². The van der Waals surface area contributed by atoms with Crippen molar-refractivity contribution >= 4 is 50.1 Å². The molecule has 0 aromatic heterocycles. The smallest absolute Gasteiger partial charge is 0.410 e. The first kappa shape index (κ1) is 22.9. The molecule has 1 fully saturated rings. The van der Waals surface area contributed by atoms with Crippen LogP contribution in [0.4, 0.5) is 4.79 Å². The average molecular weight is 574 g/mol. The molecule has 1 aliphatic heterocycles. The second kappa shape index (κ2) is 7.92. The third-order valence-electron chi connectivity index (χ3n) is 6.08. The van der Waals surface area contributed by atoms with Gasteiger partial charge in [-0.05, 0) is 110 Å². The molecule has 1 aliphatic carbocycles. The maximum absolute atomic E-state index is 14.2. The summed E-state index contributed by atoms with van der Waals surface area (Å²) in [6.07, 6.45) is 1.16. The molecule has 2 aromatic rings. The number of aryl methyl sites for hydroxylation is 1. The van der Waals surface area contributed by atoms with Gasteiger partial charge in [0.05, 0.1) is 10.9 Å². The van der Waals surface area contributed by atoms with Crippen LogP contribution in [0.25, 0.3) is 0 Å². The number of fused-ring (bicyclic) bond motifs is 3. The number of ether oxygens (including phenoxy) is 1. The van der Waals surface area contributed by atoms with Gasteiger partial charge in [-0.2, -0.15) is 0 Å². The maximum atomic E-state index is 14.2. The van der Waals surface area contributed by atoms with Gasteiger partial charge in [-0.15, -0.1) is 0 Å². The minimum Gasteiger partial charge on any atom is -0.444 e. The van der Waals surface area contributed by atoms with Gasteiger partial charge in [0.25, 0.3) is 0 Å². The largest absolute Gasteiger partial charge is 0.444 e. The SMILES string of the molecule is CC(C)(C)OC(=O)N1CCC2(S(=O)(=O)c3ccc(Cl)cc3)c3ccc(I)cc3CCC12. The van der Waals surface area contributed by atoms with Gasteiger partial charge in [0.2, 0.25) is 0 Å². The van der Waals surface area contributed by atoms with E-state index in [0.717, 1.165) is 14.7 Å². The van der Waals surface area contributed by atoms with Gasteiger partial charge in [0.15, 0.2) is 9.84 Å². The summed E-state index contributed by atoms with van der Waals surface area (Å²) in [5.41, 5.74) is 1.18. The van der Waals surface area contributed by atoms with Crippen molar-refractivity contribution in [2.75, 3.05) is 6.54 Å². The van der Waals surface area contributed by atoms with Crippen molar-refractivity contribution in [3.05, 3.63) is 62.2 Å². The normalized spacial score (nSPS) is 23.3. The van der Waals surface area contributed by atoms with Gasteiger partial charge < -0.3 is 9.64 Å². The minimum absolute atomic E-state index is 0.222. The minimum atomic E-state index is -3.82. The summed E-state index contributed by atoms with van der Waals surface area (Å²) >= 11 is 8.26. The van der Waals surface area contributed by atoms with Crippen LogP contribution in [0.15, 0.2) is 47.4 Å². The van der Waals surface area contributed by atoms with Crippen molar-refractivity contribution in [2.24, 2.45) is 0 Å². The van der Waals surface area contributed by atoms with Crippen LogP contribution in [0.3, 0.4) is 0 Å². The summed E-state index contributed by atoms with van der Waals surface area (Å²) in [6.45, 7) is 5.78. The summed E-state index contributed by atoms with van der Waals surface area (Å²) in [5.74, 6) is 0. The fourth-order valence-corrected chi connectivity index (χ4v) is 7.91. The van der Waals surface area contributed by atoms with Gasteiger partial charge in [0.1, 0.15) is 10.3 Å². The summed E-state index contributed by atoms with van der Waals surface area (Å²) < 4.78 is 33.8. The highest BCUT2D eigenvalue weighted by molar-refractivity contribution is 14.1. The molecular formula is C23H25ClINO4S. The van der Waals surface area contributed by atoms with Crippen molar-refractivity contribution in [2.45, 2.75) is 61.3 Å². The van der Waals surface area contributed by atoms with Crippen LogP contribution >= 0.6 is 34.2 Å². The first-order valence-electron chi connectivity index (χ1n) is 10.2. The fraction of sp³-hybridized carbons (Fsp3) is 0.435. The lowest BCUT2D eigenvalue weighted by atomic mass is 9.78. The quantitative estimate of drug-likeness (QED) is 0.441. The first-order valence-corrected chi connectivity index (χ1v) is 13.2. The first-order chi connectivity index (χ1) is 14.5. The molecule has 2 aromatic carbocycles. The standard InChI is InChI=1S/C23H25ClINO4S/c1-22(2,3)30-21(27)26-13-12-23(31(28,29)18-8-5-16(24)6-9-18)19-10-7-17(25)14-15(19)4-11-20(23)26/h5-10,14,20H,4,11-13H2,1-3H3. The Balaban J connectivity index is 1.88. The Bertz CT molecular complexity index is 1130. The van der Waals surface area contributed by atoms with Crippen LogP contribution in [-0.4, -0.2) is 37.6 Å². The van der Waals surface area contributed by atoms with E-state index in [0.29, 0.717) is 30.8 Å². The highest BCUT2D eigenvalue weighted by Crippen LogP contribution is 2.53. The highest BCUT2D eigenvalue weighted by atomic mass is 127. The monoisotopic (exact) mass is 573 g/mol. The summed E-state index contributed by atoms with van der Waals surface area (Å²) in [7, 11) is -3.82. The van der Waals surface area contributed by atoms with Gasteiger partial charge in [-0.25, -0.2) is 13.2 Å². The molecular weight excluding hydrogens is 549 g/mol. The number of amides is 1. The van der Waals surface area contributed by atoms with Crippen molar-refractivity contribution in [1.29, 1.82) is 0 Å². The second-order valence-electron chi connectivity index (χ2n) is 9.13. The number of carbonyl (C=O) groups excluding carboxylic acids is 1. The zero-order valence-electron chi connectivity index (χ0n) is 17.7. The van der Waals surface area contributed by atoms with Crippen molar-refractivity contribution in [3.8, 4) is 0 Å². The van der Waals surface area contributed by atoms with Gasteiger partial charge in [-0.1, -0.05) is 17.7 Å². The van der Waals surface area contributed by atoms with Crippen LogP contribution in [0, 0.1) is 3.57 Å². The van der Waals surface area contributed by atoms with E-state index in [2.05, 4.69) is 28.7 Å². The third kappa shape index (κ3) is 3.86. The summed E-state index contributed by atoms with van der Waals surface area (Å²) in [6, 6.07) is 11.7. The number of halogens is 2. The molecule has 4 rings (SSSR count). The number of sulfone groups is 1. The lowest BCUT2D eigenvalue weighted by molar-refractivity contribution is 0.0202. The molecule has 2 atom stereocenters. The Morgan fingerprint density at radius 2 is 1.87 bits per heavy atom. The van der Waals surface area contributed by atoms with E-state index in [1.807, 2.05) is 32.9 Å². The Labute approximate surface area is 202 Å². The van der Waals surface area contributed by atoms with Crippen LogP contribution in [-0.2, 0) is 25.7 Å². The molecule has 0 saturated carbocycles. The number of hydrogen-bond acceptors (Lipinski definition) is 4. The molecule has 0 N–H and O–H groups in total. The van der Waals surface area contributed by atoms with Crippen LogP contribution < -0.4 is 0 Å². The number of likely N-dealkylation sites (tertiary alicyclic amines) is 1. The van der Waals surface area contributed by atoms with Crippen LogP contribution in [0.1, 0.15) is 44.7 Å². The topological polar surface area (TPSA) is 63.7 Å². The van der Waals surface area contributed by atoms with Gasteiger partial charge in [0, 0.05) is 15.1 Å². The van der Waals surface area contributed by atoms with E-state index < -0.39 is 32.3 Å². The summed E-state index contributed by atoms with van der Waals surface area (Å²) in [5, 5.41) is 0.480. The van der Waals surface area contributed by atoms with Crippen molar-refractivity contribution in [1.82, 2.24) is 4.90 Å². The van der Waals surface area contributed by atoms with Gasteiger partial charge >= 0.3 is 6.09 Å².